The zero-order valence-corrected chi connectivity index (χ0v) is 53.1. The van der Waals surface area contributed by atoms with Crippen LogP contribution >= 0.6 is 0 Å². The van der Waals surface area contributed by atoms with E-state index >= 15 is 0 Å². The van der Waals surface area contributed by atoms with Crippen molar-refractivity contribution < 1.29 is 41.8 Å². The third-order valence-electron chi connectivity index (χ3n) is 17.1. The Morgan fingerprint density at radius 3 is 1.45 bits per heavy atom. The first kappa shape index (κ1) is 64.8. The SMILES string of the molecule is COc1ccc(COC(C(C)C(CC(OC)C(C)=O)OC)C(C)C(O[Si](C)(C)C(C)(C)C)C(C)CCC(O[Si](C)(C)C(C)(C)C)C(C)C(OC)C(C)CO[Si](c2ccccc2)(c2ccccc2)C(C)(C)C)cc1. The van der Waals surface area contributed by atoms with Crippen molar-refractivity contribution in [1.82, 2.24) is 0 Å². The van der Waals surface area contributed by atoms with Crippen LogP contribution in [0.15, 0.2) is 84.9 Å². The van der Waals surface area contributed by atoms with E-state index in [-0.39, 0.29) is 81.0 Å². The van der Waals surface area contributed by atoms with E-state index in [4.69, 9.17) is 37.0 Å². The number of Topliss-reactive ketones (excluding diaryl/α,β-unsaturated/α-hetero) is 1. The molecule has 0 spiro atoms. The van der Waals surface area contributed by atoms with Crippen molar-refractivity contribution >= 4 is 41.1 Å². The molecule has 0 saturated carbocycles. The number of methoxy groups -OCH3 is 4. The molecule has 11 unspecified atom stereocenters. The highest BCUT2D eigenvalue weighted by Gasteiger charge is 2.51. The maximum Gasteiger partial charge on any atom is 0.261 e. The van der Waals surface area contributed by atoms with Gasteiger partial charge in [0.25, 0.3) is 8.32 Å². The van der Waals surface area contributed by atoms with E-state index in [1.165, 1.54) is 10.4 Å². The molecule has 3 aromatic carbocycles. The molecule has 0 amide bonds. The van der Waals surface area contributed by atoms with E-state index in [2.05, 4.69) is 196 Å². The molecule has 3 aromatic rings. The Morgan fingerprint density at radius 1 is 0.534 bits per heavy atom. The summed E-state index contributed by atoms with van der Waals surface area (Å²) in [6.45, 7) is 44.4. The fourth-order valence-corrected chi connectivity index (χ4v) is 18.0. The van der Waals surface area contributed by atoms with Gasteiger partial charge in [0.05, 0.1) is 44.2 Å². The molecular formula is C61H104O9Si3. The number of carbonyl (C=O) groups is 1. The second-order valence-electron chi connectivity index (χ2n) is 25.5. The summed E-state index contributed by atoms with van der Waals surface area (Å²) < 4.78 is 54.0. The maximum atomic E-state index is 12.7. The van der Waals surface area contributed by atoms with Crippen LogP contribution in [0.4, 0.5) is 0 Å². The highest BCUT2D eigenvalue weighted by molar-refractivity contribution is 6.99. The van der Waals surface area contributed by atoms with E-state index in [1.807, 2.05) is 19.2 Å². The zero-order valence-electron chi connectivity index (χ0n) is 50.1. The first-order valence-electron chi connectivity index (χ1n) is 27.3. The first-order valence-corrected chi connectivity index (χ1v) is 35.0. The minimum absolute atomic E-state index is 0.00629. The molecule has 11 atom stereocenters. The highest BCUT2D eigenvalue weighted by atomic mass is 28.4. The minimum atomic E-state index is -2.79. The lowest BCUT2D eigenvalue weighted by atomic mass is 9.79. The van der Waals surface area contributed by atoms with E-state index in [9.17, 15) is 4.79 Å². The van der Waals surface area contributed by atoms with E-state index in [1.54, 1.807) is 28.3 Å². The van der Waals surface area contributed by atoms with Crippen molar-refractivity contribution in [2.45, 2.75) is 208 Å². The molecule has 0 aliphatic rings. The van der Waals surface area contributed by atoms with E-state index < -0.39 is 31.1 Å². The van der Waals surface area contributed by atoms with Crippen molar-refractivity contribution in [1.29, 1.82) is 0 Å². The van der Waals surface area contributed by atoms with Crippen LogP contribution in [0.5, 0.6) is 5.75 Å². The molecule has 0 N–H and O–H groups in total. The van der Waals surface area contributed by atoms with Crippen molar-refractivity contribution in [3.63, 3.8) is 0 Å². The standard InChI is InChI=1S/C61H104O9Si3/c1-43(57(70-72(22,23)60(10,11)12)47(5)58(67-42-49-35-37-50(63-16)38-36-49)46(4)54(64-17)40-55(65-18)48(6)62)34-39-53(69-71(20,21)59(7,8)9)45(3)56(66-19)44(2)41-68-73(61(13,14)15,51-30-26-24-27-31-51)52-32-28-25-29-33-52/h24-33,35-38,43-47,53-58H,34,39-42H2,1-23H3. The van der Waals surface area contributed by atoms with Crippen LogP contribution in [0, 0.1) is 29.6 Å². The molecule has 414 valence electrons. The average molecular weight is 1070 g/mol. The van der Waals surface area contributed by atoms with Crippen LogP contribution in [0.2, 0.25) is 41.3 Å². The zero-order chi connectivity index (χ0) is 55.3. The average Bonchev–Trinajstić information content (AvgIpc) is 3.32. The molecule has 73 heavy (non-hydrogen) atoms. The van der Waals surface area contributed by atoms with Crippen LogP contribution in [-0.2, 0) is 43.6 Å². The van der Waals surface area contributed by atoms with Gasteiger partial charge in [-0.15, -0.1) is 0 Å². The van der Waals surface area contributed by atoms with Crippen LogP contribution in [0.1, 0.15) is 129 Å². The lowest BCUT2D eigenvalue weighted by molar-refractivity contribution is -0.134. The van der Waals surface area contributed by atoms with Crippen LogP contribution in [0.3, 0.4) is 0 Å². The predicted octanol–water partition coefficient (Wildman–Crippen LogP) is 13.9. The number of benzene rings is 3. The summed E-state index contributed by atoms with van der Waals surface area (Å²) in [7, 11) is -0.539. The van der Waals surface area contributed by atoms with Crippen LogP contribution in [-0.4, -0.2) is 102 Å². The molecule has 0 aromatic heterocycles. The van der Waals surface area contributed by atoms with Crippen molar-refractivity contribution in [2.24, 2.45) is 29.6 Å². The minimum Gasteiger partial charge on any atom is -0.497 e. The number of ether oxygens (including phenoxy) is 5. The number of hydrogen-bond acceptors (Lipinski definition) is 9. The molecule has 0 heterocycles. The molecule has 12 heteroatoms. The largest absolute Gasteiger partial charge is 0.497 e. The van der Waals surface area contributed by atoms with E-state index in [0.29, 0.717) is 19.6 Å². The van der Waals surface area contributed by atoms with Gasteiger partial charge in [0.15, 0.2) is 22.4 Å². The molecule has 0 aliphatic heterocycles. The smallest absolute Gasteiger partial charge is 0.261 e. The summed E-state index contributed by atoms with van der Waals surface area (Å²) in [4.78, 5) is 12.7. The fraction of sp³-hybridized carbons (Fsp3) is 0.689. The Bertz CT molecular complexity index is 2010. The lowest BCUT2D eigenvalue weighted by Gasteiger charge is -2.47. The Hall–Kier alpha value is -2.50. The summed E-state index contributed by atoms with van der Waals surface area (Å²) in [5.41, 5.74) is 1.05. The van der Waals surface area contributed by atoms with Gasteiger partial charge in [-0.05, 0) is 95.1 Å². The molecule has 0 aliphatic carbocycles. The Balaban J connectivity index is 2.12. The number of hydrogen-bond donors (Lipinski definition) is 0. The third-order valence-corrected chi connectivity index (χ3v) is 31.1. The molecular weight excluding hydrogens is 961 g/mol. The predicted molar refractivity (Wildman–Crippen MR) is 312 cm³/mol. The number of ketones is 1. The van der Waals surface area contributed by atoms with Gasteiger partial charge in [0, 0.05) is 58.0 Å². The summed E-state index contributed by atoms with van der Waals surface area (Å²) in [6.07, 6.45) is 0.590. The van der Waals surface area contributed by atoms with Gasteiger partial charge in [-0.1, -0.05) is 170 Å². The first-order chi connectivity index (χ1) is 33.8. The fourth-order valence-electron chi connectivity index (χ4n) is 10.4. The molecule has 9 nitrogen and oxygen atoms in total. The second-order valence-corrected chi connectivity index (χ2v) is 39.3. The second kappa shape index (κ2) is 27.7. The van der Waals surface area contributed by atoms with E-state index in [0.717, 1.165) is 24.2 Å². The normalized spacial score (nSPS) is 17.9. The van der Waals surface area contributed by atoms with Gasteiger partial charge in [-0.25, -0.2) is 0 Å². The van der Waals surface area contributed by atoms with Gasteiger partial charge in [0.2, 0.25) is 0 Å². The Kier molecular flexibility index (Phi) is 24.6. The summed E-state index contributed by atoms with van der Waals surface area (Å²) in [6, 6.07) is 29.9. The monoisotopic (exact) mass is 1060 g/mol. The molecule has 0 fully saturated rings. The highest BCUT2D eigenvalue weighted by Crippen LogP contribution is 2.44. The van der Waals surface area contributed by atoms with Gasteiger partial charge in [0.1, 0.15) is 11.9 Å². The maximum absolute atomic E-state index is 12.7. The summed E-state index contributed by atoms with van der Waals surface area (Å²) in [5, 5.41) is 2.38. The molecule has 0 saturated heterocycles. The third kappa shape index (κ3) is 17.0. The number of rotatable bonds is 30. The quantitative estimate of drug-likeness (QED) is 0.0605. The van der Waals surface area contributed by atoms with Gasteiger partial charge in [-0.2, -0.15) is 0 Å². The summed E-state index contributed by atoms with van der Waals surface area (Å²) >= 11 is 0. The van der Waals surface area contributed by atoms with Gasteiger partial charge >= 0.3 is 0 Å². The van der Waals surface area contributed by atoms with Crippen molar-refractivity contribution in [2.75, 3.05) is 35.0 Å². The topological polar surface area (TPSA) is 90.9 Å². The molecule has 0 radical (unpaired) electrons. The van der Waals surface area contributed by atoms with Gasteiger partial charge < -0.3 is 37.0 Å². The van der Waals surface area contributed by atoms with Crippen LogP contribution in [0.25, 0.3) is 0 Å². The Morgan fingerprint density at radius 2 is 1.03 bits per heavy atom. The van der Waals surface area contributed by atoms with Crippen molar-refractivity contribution in [3.8, 4) is 5.75 Å². The molecule has 0 bridgehead atoms. The van der Waals surface area contributed by atoms with Gasteiger partial charge in [-0.3, -0.25) is 4.79 Å². The van der Waals surface area contributed by atoms with Crippen molar-refractivity contribution in [3.05, 3.63) is 90.5 Å². The lowest BCUT2D eigenvalue weighted by Crippen LogP contribution is -2.67. The Labute approximate surface area is 449 Å². The molecule has 3 rings (SSSR count). The van der Waals surface area contributed by atoms with Crippen LogP contribution < -0.4 is 15.1 Å². The summed E-state index contributed by atoms with van der Waals surface area (Å²) in [5.74, 6) is 0.858. The number of carbonyl (C=O) groups excluding carboxylic acids is 1.